The molecule has 5 aromatic rings. The van der Waals surface area contributed by atoms with E-state index >= 15 is 0 Å². The summed E-state index contributed by atoms with van der Waals surface area (Å²) < 4.78 is 2.78. The molecule has 1 amide bonds. The molecular weight excluding hydrogens is 613 g/mol. The zero-order chi connectivity index (χ0) is 26.7. The van der Waals surface area contributed by atoms with Crippen molar-refractivity contribution in [2.75, 3.05) is 0 Å². The van der Waals surface area contributed by atoms with Crippen molar-refractivity contribution in [1.82, 2.24) is 35.1 Å². The predicted octanol–water partition coefficient (Wildman–Crippen LogP) is 4.98. The van der Waals surface area contributed by atoms with Gasteiger partial charge in [-0.1, -0.05) is 39.0 Å². The van der Waals surface area contributed by atoms with Gasteiger partial charge in [0.15, 0.2) is 5.82 Å². The van der Waals surface area contributed by atoms with E-state index in [0.29, 0.717) is 17.0 Å². The van der Waals surface area contributed by atoms with Crippen molar-refractivity contribution in [1.29, 1.82) is 0 Å². The number of rotatable bonds is 6. The lowest BCUT2D eigenvalue weighted by Gasteiger charge is -2.28. The van der Waals surface area contributed by atoms with Crippen LogP contribution in [0.5, 0.6) is 0 Å². The standard InChI is InChI=1S/C27H24IN7O2S/c1-26(2,3)21(22(28)36)31-23(37)16-6-4-15(5-7-16)19-13-29-25-33-32-24(35(25)34-19)27(10-11-27)17-8-9-18-20(12-17)38-14-30-18/h4-9,12-14,21H,10-11H2,1-3H3,(H,31,37)/t21-/m1/s1. The summed E-state index contributed by atoms with van der Waals surface area (Å²) >= 11 is 3.36. The largest absolute Gasteiger partial charge is 0.341 e. The van der Waals surface area contributed by atoms with Crippen LogP contribution in [0.1, 0.15) is 55.4 Å². The summed E-state index contributed by atoms with van der Waals surface area (Å²) in [6.07, 6.45) is 3.59. The van der Waals surface area contributed by atoms with Crippen molar-refractivity contribution in [2.24, 2.45) is 5.41 Å². The maximum Gasteiger partial charge on any atom is 0.271 e. The minimum Gasteiger partial charge on any atom is -0.341 e. The number of aromatic nitrogens is 6. The Morgan fingerprint density at radius 2 is 1.84 bits per heavy atom. The van der Waals surface area contributed by atoms with Crippen molar-refractivity contribution in [3.63, 3.8) is 0 Å². The Morgan fingerprint density at radius 1 is 1.08 bits per heavy atom. The zero-order valence-electron chi connectivity index (χ0n) is 21.0. The number of hydrogen-bond acceptors (Lipinski definition) is 8. The highest BCUT2D eigenvalue weighted by atomic mass is 127. The zero-order valence-corrected chi connectivity index (χ0v) is 23.9. The lowest BCUT2D eigenvalue weighted by Crippen LogP contribution is -2.47. The number of nitrogens with one attached hydrogen (secondary N) is 1. The van der Waals surface area contributed by atoms with Crippen molar-refractivity contribution < 1.29 is 9.59 Å². The topological polar surface area (TPSA) is 115 Å². The third-order valence-corrected chi connectivity index (χ3v) is 8.42. The number of halogens is 1. The number of thiazole rings is 1. The fraction of sp³-hybridized carbons (Fsp3) is 0.296. The molecule has 1 fully saturated rings. The molecule has 0 aliphatic heterocycles. The van der Waals surface area contributed by atoms with Gasteiger partial charge in [0, 0.05) is 33.7 Å². The van der Waals surface area contributed by atoms with E-state index in [-0.39, 0.29) is 20.5 Å². The van der Waals surface area contributed by atoms with E-state index in [9.17, 15) is 9.59 Å². The minimum atomic E-state index is -0.581. The minimum absolute atomic E-state index is 0.103. The molecule has 2 aromatic carbocycles. The lowest BCUT2D eigenvalue weighted by molar-refractivity contribution is -0.113. The van der Waals surface area contributed by atoms with Crippen LogP contribution >= 0.6 is 33.9 Å². The molecular formula is C27H24IN7O2S. The van der Waals surface area contributed by atoms with Gasteiger partial charge in [-0.25, -0.2) is 9.97 Å². The first kappa shape index (κ1) is 25.0. The van der Waals surface area contributed by atoms with E-state index in [0.717, 1.165) is 34.4 Å². The summed E-state index contributed by atoms with van der Waals surface area (Å²) in [6.45, 7) is 5.78. The van der Waals surface area contributed by atoms with Gasteiger partial charge in [0.2, 0.25) is 3.79 Å². The second-order valence-electron chi connectivity index (χ2n) is 10.6. The molecule has 6 rings (SSSR count). The van der Waals surface area contributed by atoms with Crippen molar-refractivity contribution in [3.05, 3.63) is 71.1 Å². The maximum absolute atomic E-state index is 12.8. The summed E-state index contributed by atoms with van der Waals surface area (Å²) in [5, 5.41) is 16.5. The van der Waals surface area contributed by atoms with Crippen LogP contribution < -0.4 is 5.32 Å². The van der Waals surface area contributed by atoms with E-state index in [1.165, 1.54) is 5.56 Å². The summed E-state index contributed by atoms with van der Waals surface area (Å²) in [5.41, 5.74) is 5.33. The molecule has 11 heteroatoms. The highest BCUT2D eigenvalue weighted by Gasteiger charge is 2.50. The molecule has 38 heavy (non-hydrogen) atoms. The van der Waals surface area contributed by atoms with Crippen LogP contribution in [0.25, 0.3) is 27.3 Å². The molecule has 1 atom stereocenters. The highest BCUT2D eigenvalue weighted by molar-refractivity contribution is 14.1. The van der Waals surface area contributed by atoms with E-state index in [1.807, 2.05) is 38.4 Å². The van der Waals surface area contributed by atoms with Crippen LogP contribution in [0.4, 0.5) is 0 Å². The van der Waals surface area contributed by atoms with Crippen molar-refractivity contribution in [2.45, 2.75) is 45.1 Å². The fourth-order valence-electron chi connectivity index (χ4n) is 4.67. The molecule has 1 N–H and O–H groups in total. The number of amides is 1. The number of benzene rings is 2. The number of hydrogen-bond donors (Lipinski definition) is 1. The van der Waals surface area contributed by atoms with Crippen LogP contribution in [0.15, 0.2) is 54.2 Å². The van der Waals surface area contributed by atoms with Crippen molar-refractivity contribution >= 4 is 59.6 Å². The third kappa shape index (κ3) is 4.37. The van der Waals surface area contributed by atoms with Crippen LogP contribution in [-0.2, 0) is 10.2 Å². The monoisotopic (exact) mass is 637 g/mol. The van der Waals surface area contributed by atoms with Crippen LogP contribution in [-0.4, -0.2) is 45.5 Å². The second-order valence-corrected chi connectivity index (χ2v) is 12.6. The van der Waals surface area contributed by atoms with Gasteiger partial charge < -0.3 is 5.32 Å². The van der Waals surface area contributed by atoms with Gasteiger partial charge >= 0.3 is 0 Å². The average Bonchev–Trinajstić information content (AvgIpc) is 3.36. The molecule has 3 aromatic heterocycles. The van der Waals surface area contributed by atoms with E-state index in [4.69, 9.17) is 5.10 Å². The summed E-state index contributed by atoms with van der Waals surface area (Å²) in [5.74, 6) is 0.928. The Hall–Kier alpha value is -3.32. The first-order valence-electron chi connectivity index (χ1n) is 12.2. The molecule has 0 radical (unpaired) electrons. The number of nitrogens with zero attached hydrogens (tertiary/aromatic N) is 6. The van der Waals surface area contributed by atoms with Crippen LogP contribution in [0, 0.1) is 5.41 Å². The van der Waals surface area contributed by atoms with E-state index < -0.39 is 6.04 Å². The van der Waals surface area contributed by atoms with Gasteiger partial charge in [-0.2, -0.15) is 9.61 Å². The Labute approximate surface area is 236 Å². The van der Waals surface area contributed by atoms with Gasteiger partial charge in [-0.15, -0.1) is 21.5 Å². The van der Waals surface area contributed by atoms with E-state index in [2.05, 4.69) is 43.7 Å². The van der Waals surface area contributed by atoms with Crippen LogP contribution in [0.3, 0.4) is 0 Å². The van der Waals surface area contributed by atoms with Gasteiger partial charge in [0.1, 0.15) is 11.7 Å². The summed E-state index contributed by atoms with van der Waals surface area (Å²) in [7, 11) is 0. The SMILES string of the molecule is CC(C)(C)[C@H](NC(=O)c1ccc(-c2cnc3nnc(C4(c5ccc6ncsc6c5)CC4)n3n2)cc1)C(=O)I. The molecule has 1 aliphatic rings. The second kappa shape index (κ2) is 9.16. The molecule has 9 nitrogen and oxygen atoms in total. The Bertz CT molecular complexity index is 1700. The van der Waals surface area contributed by atoms with Gasteiger partial charge in [0.05, 0.1) is 27.3 Å². The maximum atomic E-state index is 12.8. The molecule has 0 saturated heterocycles. The Kier molecular flexibility index (Phi) is 6.02. The average molecular weight is 638 g/mol. The van der Waals surface area contributed by atoms with Gasteiger partial charge in [-0.05, 0) is 48.1 Å². The first-order valence-corrected chi connectivity index (χ1v) is 14.1. The smallest absolute Gasteiger partial charge is 0.271 e. The molecule has 0 bridgehead atoms. The first-order chi connectivity index (χ1) is 18.2. The number of fused-ring (bicyclic) bond motifs is 2. The summed E-state index contributed by atoms with van der Waals surface area (Å²) in [6, 6.07) is 12.9. The normalized spacial score (nSPS) is 15.5. The van der Waals surface area contributed by atoms with Gasteiger partial charge in [-0.3, -0.25) is 9.59 Å². The number of carbonyl (C=O) groups is 2. The van der Waals surface area contributed by atoms with Crippen molar-refractivity contribution in [3.8, 4) is 11.3 Å². The lowest BCUT2D eigenvalue weighted by atomic mass is 9.87. The molecule has 1 aliphatic carbocycles. The summed E-state index contributed by atoms with van der Waals surface area (Å²) in [4.78, 5) is 33.8. The predicted molar refractivity (Wildman–Crippen MR) is 153 cm³/mol. The fourth-order valence-corrected chi connectivity index (χ4v) is 6.47. The third-order valence-electron chi connectivity index (χ3n) is 7.01. The Morgan fingerprint density at radius 3 is 2.53 bits per heavy atom. The molecule has 0 spiro atoms. The quantitative estimate of drug-likeness (QED) is 0.206. The molecule has 3 heterocycles. The highest BCUT2D eigenvalue weighted by Crippen LogP contribution is 2.53. The molecule has 0 unspecified atom stereocenters. The molecule has 1 saturated carbocycles. The van der Waals surface area contributed by atoms with Gasteiger partial charge in [0.25, 0.3) is 11.7 Å². The molecule has 192 valence electrons. The Balaban J connectivity index is 1.29. The van der Waals surface area contributed by atoms with Crippen LogP contribution in [0.2, 0.25) is 0 Å². The number of carbonyl (C=O) groups excluding carboxylic acids is 2. The van der Waals surface area contributed by atoms with E-state index in [1.54, 1.807) is 56.8 Å².